The molecule has 1 aromatic heterocycles. The van der Waals surface area contributed by atoms with Crippen LogP contribution in [0.4, 0.5) is 24.8 Å². The minimum atomic E-state index is -4.51. The van der Waals surface area contributed by atoms with Crippen LogP contribution in [-0.4, -0.2) is 11.2 Å². The zero-order valence-corrected chi connectivity index (χ0v) is 7.05. The van der Waals surface area contributed by atoms with Crippen LogP contribution in [0.3, 0.4) is 0 Å². The van der Waals surface area contributed by atoms with E-state index in [1.807, 2.05) is 0 Å². The van der Waals surface area contributed by atoms with Crippen molar-refractivity contribution < 1.29 is 13.2 Å². The highest BCUT2D eigenvalue weighted by molar-refractivity contribution is 5.44. The summed E-state index contributed by atoms with van der Waals surface area (Å²) in [4.78, 5) is 3.53. The van der Waals surface area contributed by atoms with E-state index in [1.54, 1.807) is 0 Å². The fraction of sp³-hybridized carbons (Fsp3) is 0.286. The number of pyridine rings is 1. The van der Waals surface area contributed by atoms with Gasteiger partial charge in [-0.2, -0.15) is 13.2 Å². The second-order valence-corrected chi connectivity index (χ2v) is 2.77. The molecule has 7 heteroatoms. The zero-order valence-electron chi connectivity index (χ0n) is 7.05. The number of nitrogen functional groups attached to an aromatic ring is 2. The molecule has 14 heavy (non-hydrogen) atoms. The average molecular weight is 206 g/mol. The number of halogens is 3. The molecule has 0 aliphatic rings. The predicted octanol–water partition coefficient (Wildman–Crippen LogP) is 0.808. The summed E-state index contributed by atoms with van der Waals surface area (Å²) in [6, 6.07) is 0.0124. The van der Waals surface area contributed by atoms with Gasteiger partial charge >= 0.3 is 6.18 Å². The Balaban J connectivity index is 3.07. The van der Waals surface area contributed by atoms with Crippen molar-refractivity contribution in [2.24, 2.45) is 5.73 Å². The van der Waals surface area contributed by atoms with Gasteiger partial charge in [-0.15, -0.1) is 0 Å². The molecule has 6 N–H and O–H groups in total. The van der Waals surface area contributed by atoms with Gasteiger partial charge in [0.05, 0.1) is 0 Å². The Morgan fingerprint density at radius 1 is 1.14 bits per heavy atom. The molecule has 0 unspecified atom stereocenters. The summed E-state index contributed by atoms with van der Waals surface area (Å²) < 4.78 is 36.5. The predicted molar refractivity (Wildman–Crippen MR) is 46.0 cm³/mol. The van der Waals surface area contributed by atoms with Gasteiger partial charge in [-0.3, -0.25) is 0 Å². The number of hydrogen-bond donors (Lipinski definition) is 3. The Bertz CT molecular complexity index is 316. The van der Waals surface area contributed by atoms with Crippen LogP contribution in [0.25, 0.3) is 0 Å². The molecular formula is C7H9F3N4. The number of rotatable bonds is 1. The molecule has 0 aromatic carbocycles. The summed E-state index contributed by atoms with van der Waals surface area (Å²) >= 11 is 0. The van der Waals surface area contributed by atoms with Crippen LogP contribution in [0.2, 0.25) is 0 Å². The Kier molecular flexibility index (Phi) is 2.52. The molecule has 1 heterocycles. The van der Waals surface area contributed by atoms with Gasteiger partial charge < -0.3 is 17.2 Å². The van der Waals surface area contributed by atoms with Crippen LogP contribution >= 0.6 is 0 Å². The van der Waals surface area contributed by atoms with E-state index >= 15 is 0 Å². The van der Waals surface area contributed by atoms with Crippen LogP contribution in [0.1, 0.15) is 11.6 Å². The first-order chi connectivity index (χ1) is 6.30. The normalized spacial score (nSPS) is 14.0. The number of nitrogens with two attached hydrogens (primary N) is 3. The number of nitrogens with zero attached hydrogens (tertiary/aromatic N) is 1. The largest absolute Gasteiger partial charge is 0.407 e. The van der Waals surface area contributed by atoms with Crippen LogP contribution in [0, 0.1) is 0 Å². The summed E-state index contributed by atoms with van der Waals surface area (Å²) in [6.07, 6.45) is -4.51. The quantitative estimate of drug-likeness (QED) is 0.634. The number of hydrogen-bond acceptors (Lipinski definition) is 4. The molecule has 0 saturated heterocycles. The third kappa shape index (κ3) is 2.25. The van der Waals surface area contributed by atoms with Crippen LogP contribution < -0.4 is 17.2 Å². The van der Waals surface area contributed by atoms with Gasteiger partial charge in [0.25, 0.3) is 0 Å². The Morgan fingerprint density at radius 2 is 1.57 bits per heavy atom. The van der Waals surface area contributed by atoms with Crippen LogP contribution in [0.15, 0.2) is 12.1 Å². The lowest BCUT2D eigenvalue weighted by Gasteiger charge is -2.16. The Hall–Kier alpha value is -1.50. The van der Waals surface area contributed by atoms with E-state index in [0.717, 1.165) is 12.1 Å². The highest BCUT2D eigenvalue weighted by Gasteiger charge is 2.38. The molecule has 1 atom stereocenters. The molecule has 1 aromatic rings. The third-order valence-corrected chi connectivity index (χ3v) is 1.60. The van der Waals surface area contributed by atoms with Crippen molar-refractivity contribution in [3.63, 3.8) is 0 Å². The van der Waals surface area contributed by atoms with E-state index in [0.29, 0.717) is 0 Å². The van der Waals surface area contributed by atoms with Crippen molar-refractivity contribution in [1.82, 2.24) is 4.98 Å². The van der Waals surface area contributed by atoms with Gasteiger partial charge in [-0.1, -0.05) is 0 Å². The fourth-order valence-corrected chi connectivity index (χ4v) is 0.965. The summed E-state index contributed by atoms with van der Waals surface area (Å²) in [6.45, 7) is 0. The van der Waals surface area contributed by atoms with Crippen molar-refractivity contribution in [2.45, 2.75) is 12.2 Å². The van der Waals surface area contributed by atoms with E-state index < -0.39 is 12.2 Å². The summed E-state index contributed by atoms with van der Waals surface area (Å²) in [5, 5.41) is 0. The van der Waals surface area contributed by atoms with Gasteiger partial charge in [-0.05, 0) is 17.7 Å². The van der Waals surface area contributed by atoms with Gasteiger partial charge in [0, 0.05) is 0 Å². The highest BCUT2D eigenvalue weighted by Crippen LogP contribution is 2.31. The van der Waals surface area contributed by atoms with Gasteiger partial charge in [0.1, 0.15) is 17.7 Å². The smallest absolute Gasteiger partial charge is 0.384 e. The molecule has 0 fully saturated rings. The van der Waals surface area contributed by atoms with Crippen molar-refractivity contribution in [3.8, 4) is 0 Å². The maximum Gasteiger partial charge on any atom is 0.407 e. The highest BCUT2D eigenvalue weighted by atomic mass is 19.4. The number of anilines is 2. The minimum absolute atomic E-state index is 0.0836. The van der Waals surface area contributed by atoms with Crippen LogP contribution in [-0.2, 0) is 0 Å². The summed E-state index contributed by atoms with van der Waals surface area (Å²) in [5.74, 6) is -0.167. The Labute approximate surface area is 77.9 Å². The van der Waals surface area contributed by atoms with Gasteiger partial charge in [-0.25, -0.2) is 4.98 Å². The minimum Gasteiger partial charge on any atom is -0.384 e. The first-order valence-electron chi connectivity index (χ1n) is 3.66. The molecule has 0 spiro atoms. The third-order valence-electron chi connectivity index (χ3n) is 1.60. The van der Waals surface area contributed by atoms with Gasteiger partial charge in [0.2, 0.25) is 0 Å². The van der Waals surface area contributed by atoms with E-state index in [1.165, 1.54) is 0 Å². The lowest BCUT2D eigenvalue weighted by Crippen LogP contribution is -2.28. The van der Waals surface area contributed by atoms with Crippen molar-refractivity contribution in [2.75, 3.05) is 11.5 Å². The SMILES string of the molecule is Nc1cc([C@H](N)C(F)(F)F)cc(N)n1. The Morgan fingerprint density at radius 3 is 1.93 bits per heavy atom. The first kappa shape index (κ1) is 10.6. The van der Waals surface area contributed by atoms with E-state index in [-0.39, 0.29) is 17.2 Å². The standard InChI is InChI=1S/C7H9F3N4/c8-7(9,10)6(13)3-1-4(11)14-5(12)2-3/h1-2,6H,13H2,(H4,11,12,14)/t6-/m0/s1. The second kappa shape index (κ2) is 3.33. The number of aromatic nitrogens is 1. The van der Waals surface area contributed by atoms with Crippen molar-refractivity contribution >= 4 is 11.6 Å². The molecule has 1 rings (SSSR count). The number of alkyl halides is 3. The summed E-state index contributed by atoms with van der Waals surface area (Å²) in [5.41, 5.74) is 15.2. The van der Waals surface area contributed by atoms with E-state index in [4.69, 9.17) is 17.2 Å². The molecule has 0 saturated carbocycles. The summed E-state index contributed by atoms with van der Waals surface area (Å²) in [7, 11) is 0. The molecule has 78 valence electrons. The van der Waals surface area contributed by atoms with Crippen LogP contribution in [0.5, 0.6) is 0 Å². The monoisotopic (exact) mass is 206 g/mol. The fourth-order valence-electron chi connectivity index (χ4n) is 0.965. The molecular weight excluding hydrogens is 197 g/mol. The first-order valence-corrected chi connectivity index (χ1v) is 3.66. The molecule has 0 bridgehead atoms. The topological polar surface area (TPSA) is 91.0 Å². The zero-order chi connectivity index (χ0) is 10.9. The lowest BCUT2D eigenvalue weighted by molar-refractivity contribution is -0.149. The molecule has 0 aliphatic carbocycles. The maximum atomic E-state index is 12.2. The molecule has 0 aliphatic heterocycles. The average Bonchev–Trinajstić information content (AvgIpc) is 1.99. The van der Waals surface area contributed by atoms with Crippen molar-refractivity contribution in [1.29, 1.82) is 0 Å². The van der Waals surface area contributed by atoms with E-state index in [2.05, 4.69) is 4.98 Å². The van der Waals surface area contributed by atoms with E-state index in [9.17, 15) is 13.2 Å². The second-order valence-electron chi connectivity index (χ2n) is 2.77. The molecule has 0 radical (unpaired) electrons. The van der Waals surface area contributed by atoms with Gasteiger partial charge in [0.15, 0.2) is 0 Å². The molecule has 0 amide bonds. The lowest BCUT2D eigenvalue weighted by atomic mass is 10.1. The maximum absolute atomic E-state index is 12.2. The van der Waals surface area contributed by atoms with Crippen molar-refractivity contribution in [3.05, 3.63) is 17.7 Å². The molecule has 4 nitrogen and oxygen atoms in total.